The quantitative estimate of drug-likeness (QED) is 0.571. The van der Waals surface area contributed by atoms with Crippen LogP contribution in [-0.2, 0) is 10.0 Å². The first-order chi connectivity index (χ1) is 14.8. The number of hydrogen-bond donors (Lipinski definition) is 0. The Balaban J connectivity index is 1.39. The second-order valence-corrected chi connectivity index (χ2v) is 12.2. The van der Waals surface area contributed by atoms with E-state index in [0.717, 1.165) is 30.6 Å². The lowest BCUT2D eigenvalue weighted by atomic mass is 9.91. The fourth-order valence-electron chi connectivity index (χ4n) is 6.07. The lowest BCUT2D eigenvalue weighted by Gasteiger charge is -2.50. The van der Waals surface area contributed by atoms with Crippen LogP contribution in [0.15, 0.2) is 48.5 Å². The minimum atomic E-state index is -3.25. The third kappa shape index (κ3) is 4.28. The Labute approximate surface area is 195 Å². The van der Waals surface area contributed by atoms with Crippen molar-refractivity contribution >= 4 is 33.2 Å². The van der Waals surface area contributed by atoms with Crippen molar-refractivity contribution in [1.82, 2.24) is 9.21 Å². The number of sulfonamides is 1. The molecule has 0 amide bonds. The van der Waals surface area contributed by atoms with Crippen molar-refractivity contribution in [3.05, 3.63) is 69.7 Å². The fourth-order valence-corrected chi connectivity index (χ4v) is 7.75. The van der Waals surface area contributed by atoms with E-state index < -0.39 is 10.0 Å². The maximum Gasteiger partial charge on any atom is 0.211 e. The second kappa shape index (κ2) is 8.35. The van der Waals surface area contributed by atoms with Crippen LogP contribution in [0.2, 0.25) is 10.0 Å². The van der Waals surface area contributed by atoms with Gasteiger partial charge in [0.2, 0.25) is 10.0 Å². The number of benzene rings is 2. The van der Waals surface area contributed by atoms with Crippen LogP contribution in [0.4, 0.5) is 0 Å². The molecule has 3 atom stereocenters. The van der Waals surface area contributed by atoms with Crippen molar-refractivity contribution in [3.63, 3.8) is 0 Å². The van der Waals surface area contributed by atoms with Crippen LogP contribution in [0.1, 0.15) is 42.9 Å². The first-order valence-corrected chi connectivity index (χ1v) is 13.6. The first kappa shape index (κ1) is 21.7. The summed E-state index contributed by atoms with van der Waals surface area (Å²) in [5.41, 5.74) is 2.30. The Morgan fingerprint density at radius 3 is 1.87 bits per heavy atom. The maximum atomic E-state index is 12.8. The van der Waals surface area contributed by atoms with Crippen LogP contribution in [0.5, 0.6) is 0 Å². The van der Waals surface area contributed by atoms with E-state index in [0.29, 0.717) is 21.9 Å². The highest BCUT2D eigenvalue weighted by atomic mass is 35.5. The molecule has 3 aliphatic rings. The topological polar surface area (TPSA) is 40.6 Å². The van der Waals surface area contributed by atoms with E-state index in [1.807, 2.05) is 28.6 Å². The van der Waals surface area contributed by atoms with Crippen LogP contribution < -0.4 is 0 Å². The minimum absolute atomic E-state index is 0.0430. The van der Waals surface area contributed by atoms with Crippen molar-refractivity contribution < 1.29 is 8.42 Å². The summed E-state index contributed by atoms with van der Waals surface area (Å²) in [5, 5.41) is 1.42. The summed E-state index contributed by atoms with van der Waals surface area (Å²) in [7, 11) is -3.25. The molecule has 5 rings (SSSR count). The predicted molar refractivity (Wildman–Crippen MR) is 126 cm³/mol. The van der Waals surface area contributed by atoms with E-state index in [9.17, 15) is 8.42 Å². The Bertz CT molecular complexity index is 991. The monoisotopic (exact) mass is 478 g/mol. The lowest BCUT2D eigenvalue weighted by Crippen LogP contribution is -2.64. The molecule has 31 heavy (non-hydrogen) atoms. The van der Waals surface area contributed by atoms with Crippen LogP contribution >= 0.6 is 23.2 Å². The van der Waals surface area contributed by atoms with Gasteiger partial charge in [-0.2, -0.15) is 4.31 Å². The van der Waals surface area contributed by atoms with Crippen molar-refractivity contribution in [1.29, 1.82) is 0 Å². The summed E-state index contributed by atoms with van der Waals surface area (Å²) < 4.78 is 27.5. The molecule has 2 aromatic rings. The summed E-state index contributed by atoms with van der Waals surface area (Å²) in [6, 6.07) is 16.1. The van der Waals surface area contributed by atoms with E-state index in [1.54, 1.807) is 0 Å². The molecular weight excluding hydrogens is 451 g/mol. The smallest absolute Gasteiger partial charge is 0.211 e. The van der Waals surface area contributed by atoms with Gasteiger partial charge in [-0.15, -0.1) is 0 Å². The van der Waals surface area contributed by atoms with Crippen molar-refractivity contribution in [3.8, 4) is 0 Å². The number of likely N-dealkylation sites (tertiary alicyclic amines) is 1. The molecule has 0 N–H and O–H groups in total. The van der Waals surface area contributed by atoms with Crippen molar-refractivity contribution in [2.75, 3.05) is 19.3 Å². The molecule has 3 fully saturated rings. The number of rotatable bonds is 6. The summed E-state index contributed by atoms with van der Waals surface area (Å²) in [6.07, 6.45) is 6.07. The van der Waals surface area contributed by atoms with Gasteiger partial charge in [-0.05, 0) is 66.5 Å². The molecular formula is C24H28Cl2N2O2S. The van der Waals surface area contributed by atoms with Gasteiger partial charge < -0.3 is 0 Å². The number of hydrogen-bond acceptors (Lipinski definition) is 3. The molecule has 2 bridgehead atoms. The molecule has 4 nitrogen and oxygen atoms in total. The summed E-state index contributed by atoms with van der Waals surface area (Å²) in [4.78, 5) is 2.36. The minimum Gasteiger partial charge on any atom is -0.289 e. The standard InChI is InChI=1S/C24H28Cl2N2O2S/c1-31(29,30)28(23-13-16-2-3-19(23)12-16)22-14-27(15-22)24(17-4-8-20(25)9-5-17)18-6-10-21(26)11-7-18/h4-11,16,19,22-24H,2-3,12-15H2,1H3/t16-,19+,23-/m0/s1. The summed E-state index contributed by atoms with van der Waals surface area (Å²) in [5.74, 6) is 1.25. The summed E-state index contributed by atoms with van der Waals surface area (Å²) in [6.45, 7) is 1.47. The lowest BCUT2D eigenvalue weighted by molar-refractivity contribution is 0.0277. The van der Waals surface area contributed by atoms with Gasteiger partial charge in [-0.3, -0.25) is 4.90 Å². The Morgan fingerprint density at radius 2 is 1.45 bits per heavy atom. The van der Waals surface area contributed by atoms with Crippen LogP contribution in [0.3, 0.4) is 0 Å². The van der Waals surface area contributed by atoms with Gasteiger partial charge in [0, 0.05) is 29.2 Å². The normalized spacial score (nSPS) is 26.7. The molecule has 166 valence electrons. The molecule has 7 heteroatoms. The van der Waals surface area contributed by atoms with Gasteiger partial charge in [-0.1, -0.05) is 53.9 Å². The molecule has 0 radical (unpaired) electrons. The molecule has 0 unspecified atom stereocenters. The largest absolute Gasteiger partial charge is 0.289 e. The van der Waals surface area contributed by atoms with Gasteiger partial charge >= 0.3 is 0 Å². The number of fused-ring (bicyclic) bond motifs is 2. The van der Waals surface area contributed by atoms with Gasteiger partial charge in [0.05, 0.1) is 18.3 Å². The van der Waals surface area contributed by atoms with Gasteiger partial charge in [0.1, 0.15) is 0 Å². The highest BCUT2D eigenvalue weighted by Gasteiger charge is 2.50. The third-order valence-corrected chi connectivity index (χ3v) is 9.24. The van der Waals surface area contributed by atoms with Crippen molar-refractivity contribution in [2.45, 2.75) is 43.8 Å². The molecule has 2 aliphatic carbocycles. The molecule has 0 aromatic heterocycles. The molecule has 1 aliphatic heterocycles. The van der Waals surface area contributed by atoms with Crippen LogP contribution in [0.25, 0.3) is 0 Å². The number of nitrogens with zero attached hydrogens (tertiary/aromatic N) is 2. The highest BCUT2D eigenvalue weighted by molar-refractivity contribution is 7.88. The van der Waals surface area contributed by atoms with Gasteiger partial charge in [0.15, 0.2) is 0 Å². The van der Waals surface area contributed by atoms with E-state index in [-0.39, 0.29) is 18.1 Å². The van der Waals surface area contributed by atoms with Crippen LogP contribution in [0, 0.1) is 11.8 Å². The Kier molecular flexibility index (Phi) is 5.85. The molecule has 2 saturated carbocycles. The van der Waals surface area contributed by atoms with E-state index in [1.165, 1.54) is 25.5 Å². The second-order valence-electron chi connectivity index (χ2n) is 9.45. The Morgan fingerprint density at radius 1 is 0.903 bits per heavy atom. The summed E-state index contributed by atoms with van der Waals surface area (Å²) >= 11 is 12.2. The van der Waals surface area contributed by atoms with E-state index >= 15 is 0 Å². The highest BCUT2D eigenvalue weighted by Crippen LogP contribution is 2.48. The molecule has 0 spiro atoms. The van der Waals surface area contributed by atoms with E-state index in [4.69, 9.17) is 23.2 Å². The van der Waals surface area contributed by atoms with E-state index in [2.05, 4.69) is 29.2 Å². The average Bonchev–Trinajstić information content (AvgIpc) is 3.31. The average molecular weight is 479 g/mol. The molecule has 2 aromatic carbocycles. The van der Waals surface area contributed by atoms with Gasteiger partial charge in [-0.25, -0.2) is 8.42 Å². The zero-order valence-corrected chi connectivity index (χ0v) is 20.0. The zero-order valence-electron chi connectivity index (χ0n) is 17.6. The SMILES string of the molecule is CS(=O)(=O)N(C1CN(C(c2ccc(Cl)cc2)c2ccc(Cl)cc2)C1)[C@H]1C[C@H]2CC[C@@H]1C2. The fraction of sp³-hybridized carbons (Fsp3) is 0.500. The predicted octanol–water partition coefficient (Wildman–Crippen LogP) is 5.22. The first-order valence-electron chi connectivity index (χ1n) is 11.0. The molecule has 1 saturated heterocycles. The maximum absolute atomic E-state index is 12.8. The third-order valence-electron chi connectivity index (χ3n) is 7.40. The Hall–Kier alpha value is -1.11. The van der Waals surface area contributed by atoms with Crippen LogP contribution in [-0.4, -0.2) is 49.1 Å². The van der Waals surface area contributed by atoms with Gasteiger partial charge in [0.25, 0.3) is 0 Å². The zero-order chi connectivity index (χ0) is 21.8. The molecule has 1 heterocycles. The van der Waals surface area contributed by atoms with Crippen molar-refractivity contribution in [2.24, 2.45) is 11.8 Å². The number of halogens is 2.